The lowest BCUT2D eigenvalue weighted by Gasteiger charge is -2.22. The highest BCUT2D eigenvalue weighted by Gasteiger charge is 2.13. The first-order valence-corrected chi connectivity index (χ1v) is 6.22. The number of halogens is 2. The van der Waals surface area contributed by atoms with Crippen molar-refractivity contribution in [2.45, 2.75) is 23.9 Å². The molecule has 0 aromatic carbocycles. The summed E-state index contributed by atoms with van der Waals surface area (Å²) in [7, 11) is 0. The summed E-state index contributed by atoms with van der Waals surface area (Å²) in [6.07, 6.45) is 2.74. The zero-order valence-corrected chi connectivity index (χ0v) is 11.5. The van der Waals surface area contributed by atoms with Crippen LogP contribution in [0.5, 0.6) is 0 Å². The van der Waals surface area contributed by atoms with Crippen LogP contribution in [0.3, 0.4) is 0 Å². The van der Waals surface area contributed by atoms with Crippen LogP contribution in [-0.4, -0.2) is 23.0 Å². The van der Waals surface area contributed by atoms with Crippen LogP contribution < -0.4 is 5.32 Å². The lowest BCUT2D eigenvalue weighted by molar-refractivity contribution is 0.408. The molecular weight excluding hydrogens is 302 g/mol. The molecule has 0 radical (unpaired) electrons. The Bertz CT molecular complexity index is 105. The molecule has 0 aromatic rings. The first-order valence-electron chi connectivity index (χ1n) is 4.25. The van der Waals surface area contributed by atoms with Crippen LogP contribution in [0.1, 0.15) is 19.8 Å². The van der Waals surface area contributed by atoms with E-state index < -0.39 is 0 Å². The minimum absolute atomic E-state index is 0. The molecule has 1 N–H and O–H groups in total. The Kier molecular flexibility index (Phi) is 8.46. The van der Waals surface area contributed by atoms with E-state index in [4.69, 9.17) is 0 Å². The molecule has 1 aliphatic rings. The van der Waals surface area contributed by atoms with Crippen molar-refractivity contribution in [1.82, 2.24) is 5.32 Å². The van der Waals surface area contributed by atoms with Crippen molar-refractivity contribution in [3.8, 4) is 0 Å². The van der Waals surface area contributed by atoms with Crippen LogP contribution in [0.4, 0.5) is 0 Å². The van der Waals surface area contributed by atoms with Crippen LogP contribution in [0.2, 0.25) is 0 Å². The number of nitrogens with one attached hydrogen (secondary N) is 1. The zero-order valence-electron chi connectivity index (χ0n) is 7.38. The molecule has 1 atom stereocenters. The molecule has 1 nitrogen and oxygen atoms in total. The van der Waals surface area contributed by atoms with Gasteiger partial charge >= 0.3 is 0 Å². The molecule has 12 heavy (non-hydrogen) atoms. The second-order valence-electron chi connectivity index (χ2n) is 3.07. The molecule has 1 fully saturated rings. The molecule has 0 spiro atoms. The maximum absolute atomic E-state index is 3.55. The first kappa shape index (κ1) is 13.3. The lowest BCUT2D eigenvalue weighted by Crippen LogP contribution is -2.28. The molecule has 1 unspecified atom stereocenters. The molecule has 0 aliphatic carbocycles. The lowest BCUT2D eigenvalue weighted by atomic mass is 10.0. The average molecular weight is 319 g/mol. The smallest absolute Gasteiger partial charge is 0.0572 e. The number of piperidine rings is 1. The molecule has 0 amide bonds. The van der Waals surface area contributed by atoms with Gasteiger partial charge in [0.25, 0.3) is 0 Å². The normalized spacial score (nSPS) is 21.5. The van der Waals surface area contributed by atoms with E-state index in [2.05, 4.69) is 28.2 Å². The predicted molar refractivity (Wildman–Crippen MR) is 66.8 cm³/mol. The Morgan fingerprint density at radius 2 is 2.08 bits per heavy atom. The second kappa shape index (κ2) is 7.65. The third-order valence-electron chi connectivity index (χ3n) is 2.02. The molecule has 0 aromatic heterocycles. The van der Waals surface area contributed by atoms with Crippen LogP contribution in [0.25, 0.3) is 0 Å². The first-order chi connectivity index (χ1) is 5.29. The maximum Gasteiger partial charge on any atom is 0.0572 e. The van der Waals surface area contributed by atoms with E-state index in [1.54, 1.807) is 0 Å². The summed E-state index contributed by atoms with van der Waals surface area (Å²) in [6, 6.07) is 0. The summed E-state index contributed by atoms with van der Waals surface area (Å²) >= 11 is 5.58. The van der Waals surface area contributed by atoms with E-state index in [1.165, 1.54) is 31.7 Å². The zero-order chi connectivity index (χ0) is 8.10. The Morgan fingerprint density at radius 1 is 1.50 bits per heavy atom. The van der Waals surface area contributed by atoms with E-state index >= 15 is 0 Å². The van der Waals surface area contributed by atoms with Crippen molar-refractivity contribution in [2.75, 3.05) is 18.8 Å². The molecule has 1 saturated heterocycles. The quantitative estimate of drug-likeness (QED) is 0.803. The van der Waals surface area contributed by atoms with Crippen molar-refractivity contribution < 1.29 is 0 Å². The van der Waals surface area contributed by atoms with Crippen molar-refractivity contribution in [2.24, 2.45) is 5.92 Å². The SMILES string of the molecule is Br.CC(Br)SCC1CCNCC1. The van der Waals surface area contributed by atoms with Gasteiger partial charge in [-0.3, -0.25) is 0 Å². The van der Waals surface area contributed by atoms with Crippen molar-refractivity contribution in [3.63, 3.8) is 0 Å². The van der Waals surface area contributed by atoms with Gasteiger partial charge in [0.1, 0.15) is 0 Å². The van der Waals surface area contributed by atoms with Crippen molar-refractivity contribution >= 4 is 44.7 Å². The molecule has 4 heteroatoms. The van der Waals surface area contributed by atoms with Gasteiger partial charge < -0.3 is 5.32 Å². The van der Waals surface area contributed by atoms with E-state index in [0.717, 1.165) is 5.92 Å². The fourth-order valence-corrected chi connectivity index (χ4v) is 2.65. The van der Waals surface area contributed by atoms with E-state index in [-0.39, 0.29) is 17.0 Å². The van der Waals surface area contributed by atoms with Gasteiger partial charge in [-0.05, 0) is 44.5 Å². The topological polar surface area (TPSA) is 12.0 Å². The summed E-state index contributed by atoms with van der Waals surface area (Å²) < 4.78 is 0.623. The minimum atomic E-state index is 0. The minimum Gasteiger partial charge on any atom is -0.317 e. The fourth-order valence-electron chi connectivity index (χ4n) is 1.32. The Morgan fingerprint density at radius 3 is 2.58 bits per heavy atom. The van der Waals surface area contributed by atoms with Gasteiger partial charge in [-0.25, -0.2) is 0 Å². The van der Waals surface area contributed by atoms with Gasteiger partial charge in [-0.1, -0.05) is 15.9 Å². The van der Waals surface area contributed by atoms with Gasteiger partial charge in [-0.2, -0.15) is 0 Å². The monoisotopic (exact) mass is 317 g/mol. The van der Waals surface area contributed by atoms with Crippen LogP contribution >= 0.6 is 44.7 Å². The van der Waals surface area contributed by atoms with Gasteiger partial charge in [-0.15, -0.1) is 28.7 Å². The molecule has 1 heterocycles. The molecule has 74 valence electrons. The Hall–Kier alpha value is 1.27. The van der Waals surface area contributed by atoms with E-state index in [9.17, 15) is 0 Å². The molecule has 1 aliphatic heterocycles. The Labute approximate surface area is 98.3 Å². The molecule has 1 rings (SSSR count). The van der Waals surface area contributed by atoms with Crippen LogP contribution in [0.15, 0.2) is 0 Å². The fraction of sp³-hybridized carbons (Fsp3) is 1.00. The van der Waals surface area contributed by atoms with Gasteiger partial charge in [0, 0.05) is 0 Å². The van der Waals surface area contributed by atoms with Gasteiger partial charge in [0.05, 0.1) is 4.16 Å². The second-order valence-corrected chi connectivity index (χ2v) is 6.42. The third kappa shape index (κ3) is 5.84. The Balaban J connectivity index is 0.00000121. The number of thioether (sulfide) groups is 1. The van der Waals surface area contributed by atoms with Gasteiger partial charge in [0.15, 0.2) is 0 Å². The summed E-state index contributed by atoms with van der Waals surface area (Å²) in [5, 5.41) is 3.38. The highest BCUT2D eigenvalue weighted by Crippen LogP contribution is 2.23. The van der Waals surface area contributed by atoms with Gasteiger partial charge in [0.2, 0.25) is 0 Å². The third-order valence-corrected chi connectivity index (χ3v) is 3.94. The molecule has 0 bridgehead atoms. The van der Waals surface area contributed by atoms with Crippen molar-refractivity contribution in [1.29, 1.82) is 0 Å². The standard InChI is InChI=1S/C8H16BrNS.BrH/c1-7(9)11-6-8-2-4-10-5-3-8;/h7-8,10H,2-6H2,1H3;1H. The molecule has 0 saturated carbocycles. The summed E-state index contributed by atoms with van der Waals surface area (Å²) in [5.41, 5.74) is 0. The number of rotatable bonds is 3. The summed E-state index contributed by atoms with van der Waals surface area (Å²) in [6.45, 7) is 4.65. The van der Waals surface area contributed by atoms with Crippen molar-refractivity contribution in [3.05, 3.63) is 0 Å². The van der Waals surface area contributed by atoms with E-state index in [0.29, 0.717) is 4.16 Å². The summed E-state index contributed by atoms with van der Waals surface area (Å²) in [5.74, 6) is 2.29. The largest absolute Gasteiger partial charge is 0.317 e. The number of hydrogen-bond acceptors (Lipinski definition) is 2. The molecular formula is C8H17Br2NS. The van der Waals surface area contributed by atoms with Crippen LogP contribution in [0, 0.1) is 5.92 Å². The number of alkyl halides is 1. The van der Waals surface area contributed by atoms with Crippen LogP contribution in [-0.2, 0) is 0 Å². The van der Waals surface area contributed by atoms with E-state index in [1.807, 2.05) is 11.8 Å². The average Bonchev–Trinajstić information content (AvgIpc) is 2.03. The summed E-state index contributed by atoms with van der Waals surface area (Å²) in [4.78, 5) is 0. The number of hydrogen-bond donors (Lipinski definition) is 1. The highest BCUT2D eigenvalue weighted by atomic mass is 79.9. The highest BCUT2D eigenvalue weighted by molar-refractivity contribution is 9.11. The maximum atomic E-state index is 3.55. The predicted octanol–water partition coefficient (Wildman–Crippen LogP) is 3.04.